The van der Waals surface area contributed by atoms with E-state index >= 15 is 0 Å². The topological polar surface area (TPSA) is 77.5 Å². The molecule has 8 heteroatoms. The summed E-state index contributed by atoms with van der Waals surface area (Å²) in [6, 6.07) is 8.43. The first-order valence-electron chi connectivity index (χ1n) is 9.51. The van der Waals surface area contributed by atoms with Gasteiger partial charge in [-0.15, -0.1) is 5.10 Å². The SMILES string of the molecule is CC(=O)N1CCN(c2nncc(Nc3ccc(N4CCCC4)cc3)n2)CC1. The smallest absolute Gasteiger partial charge is 0.247 e. The lowest BCUT2D eigenvalue weighted by Crippen LogP contribution is -2.48. The summed E-state index contributed by atoms with van der Waals surface area (Å²) in [4.78, 5) is 22.4. The van der Waals surface area contributed by atoms with Crippen LogP contribution in [0.25, 0.3) is 0 Å². The fraction of sp³-hybridized carbons (Fsp3) is 0.474. The molecule has 2 aromatic rings. The van der Waals surface area contributed by atoms with E-state index in [9.17, 15) is 4.79 Å². The Balaban J connectivity index is 1.40. The highest BCUT2D eigenvalue weighted by molar-refractivity contribution is 5.73. The van der Waals surface area contributed by atoms with Gasteiger partial charge in [-0.2, -0.15) is 10.1 Å². The summed E-state index contributed by atoms with van der Waals surface area (Å²) in [6.07, 6.45) is 4.18. The minimum Gasteiger partial charge on any atom is -0.372 e. The maximum absolute atomic E-state index is 11.5. The molecule has 3 heterocycles. The molecule has 0 saturated carbocycles. The number of aromatic nitrogens is 3. The Hall–Kier alpha value is -2.90. The third-order valence-corrected chi connectivity index (χ3v) is 5.17. The van der Waals surface area contributed by atoms with Crippen LogP contribution in [-0.4, -0.2) is 65.3 Å². The minimum atomic E-state index is 0.112. The highest BCUT2D eigenvalue weighted by atomic mass is 16.2. The average Bonchev–Trinajstić information content (AvgIpc) is 3.24. The second-order valence-corrected chi connectivity index (χ2v) is 7.00. The van der Waals surface area contributed by atoms with Crippen LogP contribution >= 0.6 is 0 Å². The molecule has 2 aliphatic heterocycles. The summed E-state index contributed by atoms with van der Waals surface area (Å²) < 4.78 is 0. The van der Waals surface area contributed by atoms with Crippen molar-refractivity contribution in [3.8, 4) is 0 Å². The summed E-state index contributed by atoms with van der Waals surface area (Å²) in [5.74, 6) is 1.38. The fourth-order valence-electron chi connectivity index (χ4n) is 3.59. The van der Waals surface area contributed by atoms with E-state index in [1.54, 1.807) is 13.1 Å². The molecule has 27 heavy (non-hydrogen) atoms. The molecule has 1 aromatic heterocycles. The quantitative estimate of drug-likeness (QED) is 0.884. The van der Waals surface area contributed by atoms with Crippen molar-refractivity contribution < 1.29 is 4.79 Å². The van der Waals surface area contributed by atoms with Crippen LogP contribution in [0, 0.1) is 0 Å². The van der Waals surface area contributed by atoms with Crippen LogP contribution < -0.4 is 15.1 Å². The molecule has 2 saturated heterocycles. The number of amides is 1. The van der Waals surface area contributed by atoms with Crippen molar-refractivity contribution in [1.29, 1.82) is 0 Å². The van der Waals surface area contributed by atoms with E-state index in [1.807, 2.05) is 4.90 Å². The molecule has 0 spiro atoms. The normalized spacial score (nSPS) is 17.3. The molecular formula is C19H25N7O. The zero-order valence-electron chi connectivity index (χ0n) is 15.6. The second kappa shape index (κ2) is 7.77. The largest absolute Gasteiger partial charge is 0.372 e. The van der Waals surface area contributed by atoms with Crippen LogP contribution in [-0.2, 0) is 4.79 Å². The Kier molecular flexibility index (Phi) is 5.04. The van der Waals surface area contributed by atoms with Crippen LogP contribution in [0.15, 0.2) is 30.5 Å². The van der Waals surface area contributed by atoms with Crippen molar-refractivity contribution in [2.45, 2.75) is 19.8 Å². The van der Waals surface area contributed by atoms with Gasteiger partial charge in [0.15, 0.2) is 5.82 Å². The molecule has 0 atom stereocenters. The number of carbonyl (C=O) groups excluding carboxylic acids is 1. The maximum atomic E-state index is 11.5. The van der Waals surface area contributed by atoms with Gasteiger partial charge >= 0.3 is 0 Å². The number of carbonyl (C=O) groups is 1. The number of anilines is 4. The molecule has 8 nitrogen and oxygen atoms in total. The average molecular weight is 367 g/mol. The summed E-state index contributed by atoms with van der Waals surface area (Å²) in [5, 5.41) is 11.5. The van der Waals surface area contributed by atoms with Crippen LogP contribution in [0.2, 0.25) is 0 Å². The Morgan fingerprint density at radius 3 is 2.33 bits per heavy atom. The van der Waals surface area contributed by atoms with Gasteiger partial charge in [0, 0.05) is 57.6 Å². The Labute approximate surface area is 159 Å². The van der Waals surface area contributed by atoms with Crippen molar-refractivity contribution in [3.05, 3.63) is 30.5 Å². The minimum absolute atomic E-state index is 0.112. The summed E-state index contributed by atoms with van der Waals surface area (Å²) >= 11 is 0. The molecule has 0 aliphatic carbocycles. The van der Waals surface area contributed by atoms with Crippen molar-refractivity contribution in [2.75, 3.05) is 54.4 Å². The Morgan fingerprint density at radius 2 is 1.67 bits per heavy atom. The molecule has 1 N–H and O–H groups in total. The lowest BCUT2D eigenvalue weighted by molar-refractivity contribution is -0.129. The molecule has 1 amide bonds. The van der Waals surface area contributed by atoms with Crippen LogP contribution in [0.4, 0.5) is 23.1 Å². The van der Waals surface area contributed by atoms with Crippen LogP contribution in [0.1, 0.15) is 19.8 Å². The third kappa shape index (κ3) is 4.10. The molecular weight excluding hydrogens is 342 g/mol. The van der Waals surface area contributed by atoms with E-state index in [0.717, 1.165) is 31.9 Å². The number of nitrogens with zero attached hydrogens (tertiary/aromatic N) is 6. The van der Waals surface area contributed by atoms with Gasteiger partial charge in [0.1, 0.15) is 0 Å². The van der Waals surface area contributed by atoms with Crippen molar-refractivity contribution in [2.24, 2.45) is 0 Å². The van der Waals surface area contributed by atoms with Gasteiger partial charge in [-0.25, -0.2) is 0 Å². The monoisotopic (exact) mass is 367 g/mol. The maximum Gasteiger partial charge on any atom is 0.247 e. The lowest BCUT2D eigenvalue weighted by Gasteiger charge is -2.33. The Bertz CT molecular complexity index is 781. The first kappa shape index (κ1) is 17.5. The van der Waals surface area contributed by atoms with Gasteiger partial charge in [0.05, 0.1) is 6.20 Å². The third-order valence-electron chi connectivity index (χ3n) is 5.17. The van der Waals surface area contributed by atoms with Gasteiger partial charge in [-0.05, 0) is 37.1 Å². The zero-order valence-corrected chi connectivity index (χ0v) is 15.6. The van der Waals surface area contributed by atoms with Gasteiger partial charge < -0.3 is 20.0 Å². The van der Waals surface area contributed by atoms with E-state index < -0.39 is 0 Å². The molecule has 2 aliphatic rings. The number of hydrogen-bond acceptors (Lipinski definition) is 7. The van der Waals surface area contributed by atoms with Crippen molar-refractivity contribution in [1.82, 2.24) is 20.1 Å². The highest BCUT2D eigenvalue weighted by Crippen LogP contribution is 2.23. The Morgan fingerprint density at radius 1 is 0.963 bits per heavy atom. The molecule has 1 aromatic carbocycles. The summed E-state index contributed by atoms with van der Waals surface area (Å²) in [5.41, 5.74) is 2.24. The predicted octanol–water partition coefficient (Wildman–Crippen LogP) is 1.88. The first-order chi connectivity index (χ1) is 13.2. The summed E-state index contributed by atoms with van der Waals surface area (Å²) in [6.45, 7) is 6.70. The molecule has 142 valence electrons. The van der Waals surface area contributed by atoms with Crippen LogP contribution in [0.3, 0.4) is 0 Å². The van der Waals surface area contributed by atoms with E-state index in [2.05, 4.69) is 54.6 Å². The second-order valence-electron chi connectivity index (χ2n) is 7.00. The van der Waals surface area contributed by atoms with Crippen LogP contribution in [0.5, 0.6) is 0 Å². The molecule has 0 bridgehead atoms. The fourth-order valence-corrected chi connectivity index (χ4v) is 3.59. The molecule has 0 radical (unpaired) electrons. The van der Waals surface area contributed by atoms with Gasteiger partial charge in [0.25, 0.3) is 0 Å². The van der Waals surface area contributed by atoms with Gasteiger partial charge in [-0.3, -0.25) is 4.79 Å². The molecule has 4 rings (SSSR count). The standard InChI is InChI=1S/C19H25N7O/c1-15(27)24-10-12-26(13-11-24)19-22-18(14-20-23-19)21-16-4-6-17(7-5-16)25-8-2-3-9-25/h4-7,14H,2-3,8-13H2,1H3,(H,21,22,23). The van der Waals surface area contributed by atoms with Crippen molar-refractivity contribution in [3.63, 3.8) is 0 Å². The zero-order chi connectivity index (χ0) is 18.6. The number of rotatable bonds is 4. The van der Waals surface area contributed by atoms with Crippen molar-refractivity contribution >= 4 is 29.0 Å². The van der Waals surface area contributed by atoms with E-state index in [0.29, 0.717) is 24.9 Å². The molecule has 2 fully saturated rings. The highest BCUT2D eigenvalue weighted by Gasteiger charge is 2.21. The molecule has 0 unspecified atom stereocenters. The summed E-state index contributed by atoms with van der Waals surface area (Å²) in [7, 11) is 0. The van der Waals surface area contributed by atoms with E-state index in [1.165, 1.54) is 18.5 Å². The van der Waals surface area contributed by atoms with Gasteiger partial charge in [-0.1, -0.05) is 0 Å². The number of piperazine rings is 1. The van der Waals surface area contributed by atoms with E-state index in [4.69, 9.17) is 0 Å². The first-order valence-corrected chi connectivity index (χ1v) is 9.51. The van der Waals surface area contributed by atoms with E-state index in [-0.39, 0.29) is 5.91 Å². The lowest BCUT2D eigenvalue weighted by atomic mass is 10.2. The number of nitrogens with one attached hydrogen (secondary N) is 1. The van der Waals surface area contributed by atoms with Gasteiger partial charge in [0.2, 0.25) is 11.9 Å². The number of hydrogen-bond donors (Lipinski definition) is 1. The predicted molar refractivity (Wildman–Crippen MR) is 105 cm³/mol. The number of benzene rings is 1.